The predicted molar refractivity (Wildman–Crippen MR) is 221 cm³/mol. The van der Waals surface area contributed by atoms with Crippen molar-refractivity contribution in [1.82, 2.24) is 21.3 Å². The molecule has 1 aromatic carbocycles. The molecule has 0 aromatic heterocycles. The van der Waals surface area contributed by atoms with Crippen LogP contribution in [-0.2, 0) is 58.9 Å². The number of nitrogens with one attached hydrogen (secondary N) is 5. The number of carbonyl (C=O) groups excluding carboxylic acids is 5. The minimum Gasteiger partial charge on any atom is -0.444 e. The molecule has 60 heavy (non-hydrogen) atoms. The summed E-state index contributed by atoms with van der Waals surface area (Å²) in [6.07, 6.45) is 0.0804. The van der Waals surface area contributed by atoms with Crippen LogP contribution in [0.4, 0.5) is 15.3 Å². The molecule has 6 amide bonds. The van der Waals surface area contributed by atoms with E-state index in [2.05, 4.69) is 26.6 Å². The standard InChI is InChI=1S/C40H70N6O14/c1-30(2)35(37(50)45-33(7-6-13-42-38(41)51)36(49)44-32-10-8-31(29-47)9-11-32)46-34(48)12-15-53-17-19-55-21-23-57-25-27-59-28-26-58-24-22-56-20-18-54-16-14-43-39(52)60-40(3,4)5/h8-11,30,33,35,47H,6-7,12-29H2,1-5H3,(H,43,52)(H,44,49)(H,45,50)(H,46,48)(H3,41,42,51)/t33-,35-/m0/s1. The van der Waals surface area contributed by atoms with Crippen LogP contribution in [0.5, 0.6) is 0 Å². The van der Waals surface area contributed by atoms with E-state index < -0.39 is 47.5 Å². The van der Waals surface area contributed by atoms with Crippen LogP contribution >= 0.6 is 0 Å². The summed E-state index contributed by atoms with van der Waals surface area (Å²) in [5, 5.41) is 22.6. The van der Waals surface area contributed by atoms with Gasteiger partial charge in [-0.05, 0) is 57.2 Å². The highest BCUT2D eigenvalue weighted by molar-refractivity contribution is 5.98. The minimum absolute atomic E-state index is 0.0135. The molecule has 0 bridgehead atoms. The number of aliphatic hydroxyl groups excluding tert-OH is 1. The van der Waals surface area contributed by atoms with Crippen molar-refractivity contribution in [3.63, 3.8) is 0 Å². The van der Waals surface area contributed by atoms with Gasteiger partial charge in [0.2, 0.25) is 17.7 Å². The second-order valence-corrected chi connectivity index (χ2v) is 14.6. The van der Waals surface area contributed by atoms with Gasteiger partial charge in [0.25, 0.3) is 0 Å². The monoisotopic (exact) mass is 858 g/mol. The number of alkyl carbamates (subject to hydrolysis) is 1. The van der Waals surface area contributed by atoms with Gasteiger partial charge in [-0.25, -0.2) is 9.59 Å². The van der Waals surface area contributed by atoms with Gasteiger partial charge in [0, 0.05) is 25.2 Å². The van der Waals surface area contributed by atoms with Crippen molar-refractivity contribution in [2.45, 2.75) is 78.2 Å². The van der Waals surface area contributed by atoms with Crippen molar-refractivity contribution in [2.24, 2.45) is 11.7 Å². The number of nitrogens with two attached hydrogens (primary N) is 1. The van der Waals surface area contributed by atoms with Crippen molar-refractivity contribution >= 4 is 35.5 Å². The van der Waals surface area contributed by atoms with Gasteiger partial charge in [-0.15, -0.1) is 0 Å². The zero-order valence-corrected chi connectivity index (χ0v) is 36.0. The third-order valence-electron chi connectivity index (χ3n) is 7.89. The summed E-state index contributed by atoms with van der Waals surface area (Å²) in [5.74, 6) is -1.69. The molecule has 20 nitrogen and oxygen atoms in total. The minimum atomic E-state index is -0.971. The maximum Gasteiger partial charge on any atom is 0.407 e. The molecule has 1 rings (SSSR count). The topological polar surface area (TPSA) is 266 Å². The Kier molecular flexibility index (Phi) is 30.1. The van der Waals surface area contributed by atoms with E-state index in [4.69, 9.17) is 43.6 Å². The largest absolute Gasteiger partial charge is 0.444 e. The van der Waals surface area contributed by atoms with Crippen molar-refractivity contribution in [3.8, 4) is 0 Å². The molecule has 0 unspecified atom stereocenters. The Balaban J connectivity index is 2.11. The van der Waals surface area contributed by atoms with Gasteiger partial charge in [-0.2, -0.15) is 0 Å². The lowest BCUT2D eigenvalue weighted by atomic mass is 10.0. The van der Waals surface area contributed by atoms with Crippen LogP contribution in [0.3, 0.4) is 0 Å². The lowest BCUT2D eigenvalue weighted by Gasteiger charge is -2.25. The Morgan fingerprint density at radius 2 is 1.13 bits per heavy atom. The maximum absolute atomic E-state index is 13.3. The van der Waals surface area contributed by atoms with E-state index in [0.717, 1.165) is 0 Å². The molecule has 0 saturated carbocycles. The van der Waals surface area contributed by atoms with Crippen LogP contribution in [0, 0.1) is 5.92 Å². The number of anilines is 1. The number of hydrogen-bond acceptors (Lipinski definition) is 14. The fourth-order valence-electron chi connectivity index (χ4n) is 4.88. The summed E-state index contributed by atoms with van der Waals surface area (Å²) < 4.78 is 43.4. The number of amides is 6. The van der Waals surface area contributed by atoms with E-state index in [1.54, 1.807) is 58.9 Å². The molecule has 0 aliphatic heterocycles. The van der Waals surface area contributed by atoms with Gasteiger partial charge < -0.3 is 75.3 Å². The van der Waals surface area contributed by atoms with E-state index in [1.807, 2.05) is 0 Å². The van der Waals surface area contributed by atoms with Gasteiger partial charge in [-0.1, -0.05) is 26.0 Å². The van der Waals surface area contributed by atoms with E-state index in [0.29, 0.717) is 103 Å². The van der Waals surface area contributed by atoms with Gasteiger partial charge in [0.05, 0.1) is 99.1 Å². The van der Waals surface area contributed by atoms with E-state index >= 15 is 0 Å². The summed E-state index contributed by atoms with van der Waals surface area (Å²) in [5.41, 5.74) is 5.75. The first-order valence-corrected chi connectivity index (χ1v) is 20.4. The molecule has 0 radical (unpaired) electrons. The third kappa shape index (κ3) is 30.0. The first kappa shape index (κ1) is 53.9. The Hall–Kier alpha value is -4.15. The van der Waals surface area contributed by atoms with Crippen LogP contribution in [0.25, 0.3) is 0 Å². The highest BCUT2D eigenvalue weighted by Gasteiger charge is 2.29. The average molecular weight is 859 g/mol. The Bertz CT molecular complexity index is 1330. The van der Waals surface area contributed by atoms with Crippen molar-refractivity contribution in [2.75, 3.05) is 111 Å². The maximum atomic E-state index is 13.3. The van der Waals surface area contributed by atoms with Gasteiger partial charge >= 0.3 is 12.1 Å². The number of urea groups is 1. The molecule has 8 N–H and O–H groups in total. The van der Waals surface area contributed by atoms with E-state index in [-0.39, 0.29) is 45.1 Å². The lowest BCUT2D eigenvalue weighted by Crippen LogP contribution is -2.54. The zero-order valence-electron chi connectivity index (χ0n) is 36.0. The Morgan fingerprint density at radius 3 is 1.58 bits per heavy atom. The first-order chi connectivity index (χ1) is 28.7. The molecule has 0 saturated heterocycles. The second-order valence-electron chi connectivity index (χ2n) is 14.6. The summed E-state index contributed by atoms with van der Waals surface area (Å²) in [6, 6.07) is 4.01. The molecular formula is C40H70N6O14. The number of benzene rings is 1. The Morgan fingerprint density at radius 1 is 0.650 bits per heavy atom. The van der Waals surface area contributed by atoms with E-state index in [9.17, 15) is 29.1 Å². The van der Waals surface area contributed by atoms with Crippen LogP contribution in [-0.4, -0.2) is 158 Å². The lowest BCUT2D eigenvalue weighted by molar-refractivity contribution is -0.132. The van der Waals surface area contributed by atoms with Gasteiger partial charge in [0.15, 0.2) is 0 Å². The normalized spacial score (nSPS) is 12.4. The fourth-order valence-corrected chi connectivity index (χ4v) is 4.88. The smallest absolute Gasteiger partial charge is 0.407 e. The number of primary amides is 1. The highest BCUT2D eigenvalue weighted by Crippen LogP contribution is 2.12. The predicted octanol–water partition coefficient (Wildman–Crippen LogP) is 1.22. The molecule has 0 fully saturated rings. The molecule has 0 spiro atoms. The average Bonchev–Trinajstić information content (AvgIpc) is 3.19. The van der Waals surface area contributed by atoms with Crippen LogP contribution < -0.4 is 32.3 Å². The van der Waals surface area contributed by atoms with Crippen molar-refractivity contribution < 1.29 is 67.0 Å². The zero-order chi connectivity index (χ0) is 44.4. The first-order valence-electron chi connectivity index (χ1n) is 20.4. The van der Waals surface area contributed by atoms with Crippen LogP contribution in [0.15, 0.2) is 24.3 Å². The molecule has 344 valence electrons. The molecule has 0 aliphatic rings. The van der Waals surface area contributed by atoms with E-state index in [1.165, 1.54) is 0 Å². The van der Waals surface area contributed by atoms with Crippen LogP contribution in [0.1, 0.15) is 59.4 Å². The highest BCUT2D eigenvalue weighted by atomic mass is 16.6. The SMILES string of the molecule is CC(C)[C@H](NC(=O)CCOCCOCCOCCOCCOCCOCCOCCNC(=O)OC(C)(C)C)C(=O)N[C@@H](CCCNC(N)=O)C(=O)Nc1ccc(CO)cc1. The molecular weight excluding hydrogens is 788 g/mol. The van der Waals surface area contributed by atoms with Crippen molar-refractivity contribution in [1.29, 1.82) is 0 Å². The number of carbonyl (C=O) groups is 5. The molecule has 0 heterocycles. The second kappa shape index (κ2) is 33.6. The number of hydrogen-bond donors (Lipinski definition) is 7. The quantitative estimate of drug-likeness (QED) is 0.0474. The summed E-state index contributed by atoms with van der Waals surface area (Å²) in [7, 11) is 0. The van der Waals surface area contributed by atoms with Gasteiger partial charge in [0.1, 0.15) is 17.7 Å². The van der Waals surface area contributed by atoms with Crippen molar-refractivity contribution in [3.05, 3.63) is 29.8 Å². The van der Waals surface area contributed by atoms with Gasteiger partial charge in [-0.3, -0.25) is 14.4 Å². The summed E-state index contributed by atoms with van der Waals surface area (Å²) >= 11 is 0. The molecule has 1 aromatic rings. The Labute approximate surface area is 353 Å². The molecule has 2 atom stereocenters. The number of rotatable bonds is 35. The molecule has 0 aliphatic carbocycles. The number of aliphatic hydroxyl groups is 1. The summed E-state index contributed by atoms with van der Waals surface area (Å²) in [6.45, 7) is 14.5. The number of ether oxygens (including phenoxy) is 8. The fraction of sp³-hybridized carbons (Fsp3) is 0.725. The van der Waals surface area contributed by atoms with Crippen LogP contribution in [0.2, 0.25) is 0 Å². The summed E-state index contributed by atoms with van der Waals surface area (Å²) in [4.78, 5) is 61.8. The molecule has 20 heteroatoms. The third-order valence-corrected chi connectivity index (χ3v) is 7.89.